The van der Waals surface area contributed by atoms with Crippen molar-refractivity contribution in [2.24, 2.45) is 5.73 Å². The fraction of sp³-hybridized carbons (Fsp3) is 0.308. The smallest absolute Gasteiger partial charge is 0.269 e. The minimum atomic E-state index is -0.904. The van der Waals surface area contributed by atoms with Gasteiger partial charge in [-0.25, -0.2) is 0 Å². The number of amides is 3. The first kappa shape index (κ1) is 17.1. The number of nitro benzene ring substituents is 1. The summed E-state index contributed by atoms with van der Waals surface area (Å²) < 4.78 is 0. The fourth-order valence-corrected chi connectivity index (χ4v) is 1.74. The standard InChI is InChI=1S/C13H16N4O5/c1-8(18)16-11(13(20)15-7-12(14)19)6-9-2-4-10(5-3-9)17(21)22/h2-5,11H,6-7H2,1H3,(H2,14,19)(H,15,20)(H,16,18)/t11-/m0/s1. The molecule has 0 aliphatic carbocycles. The number of nitrogens with two attached hydrogens (primary N) is 1. The van der Waals surface area contributed by atoms with Crippen molar-refractivity contribution in [1.82, 2.24) is 10.6 Å². The van der Waals surface area contributed by atoms with E-state index in [0.717, 1.165) is 0 Å². The second-order valence-electron chi connectivity index (χ2n) is 4.56. The highest BCUT2D eigenvalue weighted by molar-refractivity contribution is 5.89. The fourth-order valence-electron chi connectivity index (χ4n) is 1.74. The van der Waals surface area contributed by atoms with Gasteiger partial charge in [0.2, 0.25) is 17.7 Å². The van der Waals surface area contributed by atoms with Gasteiger partial charge in [-0.2, -0.15) is 0 Å². The minimum absolute atomic E-state index is 0.0713. The molecular formula is C13H16N4O5. The van der Waals surface area contributed by atoms with Crippen molar-refractivity contribution in [2.45, 2.75) is 19.4 Å². The zero-order valence-corrected chi connectivity index (χ0v) is 11.9. The third kappa shape index (κ3) is 5.57. The summed E-state index contributed by atoms with van der Waals surface area (Å²) in [7, 11) is 0. The summed E-state index contributed by atoms with van der Waals surface area (Å²) >= 11 is 0. The molecule has 0 saturated heterocycles. The monoisotopic (exact) mass is 308 g/mol. The summed E-state index contributed by atoms with van der Waals surface area (Å²) in [5.41, 5.74) is 5.49. The average Bonchev–Trinajstić information content (AvgIpc) is 2.44. The van der Waals surface area contributed by atoms with E-state index in [9.17, 15) is 24.5 Å². The number of carbonyl (C=O) groups excluding carboxylic acids is 3. The summed E-state index contributed by atoms with van der Waals surface area (Å²) in [6.07, 6.45) is 0.127. The molecule has 0 radical (unpaired) electrons. The minimum Gasteiger partial charge on any atom is -0.368 e. The first-order valence-corrected chi connectivity index (χ1v) is 6.36. The Morgan fingerprint density at radius 3 is 2.32 bits per heavy atom. The third-order valence-corrected chi connectivity index (χ3v) is 2.72. The number of rotatable bonds is 7. The topological polar surface area (TPSA) is 144 Å². The van der Waals surface area contributed by atoms with Crippen LogP contribution in [0.4, 0.5) is 5.69 Å². The highest BCUT2D eigenvalue weighted by Crippen LogP contribution is 2.13. The molecule has 0 aromatic heterocycles. The van der Waals surface area contributed by atoms with Gasteiger partial charge in [-0.15, -0.1) is 0 Å². The molecule has 0 saturated carbocycles. The second kappa shape index (κ2) is 7.72. The highest BCUT2D eigenvalue weighted by atomic mass is 16.6. The van der Waals surface area contributed by atoms with Crippen LogP contribution < -0.4 is 16.4 Å². The Morgan fingerprint density at radius 1 is 1.27 bits per heavy atom. The molecule has 4 N–H and O–H groups in total. The van der Waals surface area contributed by atoms with Crippen molar-refractivity contribution in [1.29, 1.82) is 0 Å². The molecule has 0 spiro atoms. The molecule has 0 unspecified atom stereocenters. The van der Waals surface area contributed by atoms with Crippen molar-refractivity contribution >= 4 is 23.4 Å². The van der Waals surface area contributed by atoms with Crippen molar-refractivity contribution < 1.29 is 19.3 Å². The van der Waals surface area contributed by atoms with Crippen LogP contribution in [-0.4, -0.2) is 35.2 Å². The van der Waals surface area contributed by atoms with Gasteiger partial charge in [-0.05, 0) is 5.56 Å². The van der Waals surface area contributed by atoms with Crippen molar-refractivity contribution in [3.8, 4) is 0 Å². The van der Waals surface area contributed by atoms with E-state index in [2.05, 4.69) is 10.6 Å². The number of nitrogens with zero attached hydrogens (tertiary/aromatic N) is 1. The molecule has 1 aromatic rings. The molecule has 0 aliphatic heterocycles. The summed E-state index contributed by atoms with van der Waals surface area (Å²) in [6.45, 7) is 0.916. The molecule has 0 fully saturated rings. The molecule has 0 bridgehead atoms. The molecule has 0 aliphatic rings. The van der Waals surface area contributed by atoms with Crippen LogP contribution in [0.2, 0.25) is 0 Å². The van der Waals surface area contributed by atoms with Gasteiger partial charge in [0.15, 0.2) is 0 Å². The van der Waals surface area contributed by atoms with Gasteiger partial charge < -0.3 is 16.4 Å². The van der Waals surface area contributed by atoms with Crippen LogP contribution in [0.3, 0.4) is 0 Å². The number of hydrogen-bond acceptors (Lipinski definition) is 5. The summed E-state index contributed by atoms with van der Waals surface area (Å²) in [6, 6.07) is 4.70. The zero-order chi connectivity index (χ0) is 16.7. The number of nitrogens with one attached hydrogen (secondary N) is 2. The van der Waals surface area contributed by atoms with Gasteiger partial charge in [0.1, 0.15) is 6.04 Å². The molecule has 1 aromatic carbocycles. The molecule has 3 amide bonds. The number of nitro groups is 1. The maximum atomic E-state index is 11.9. The van der Waals surface area contributed by atoms with Gasteiger partial charge in [-0.3, -0.25) is 24.5 Å². The molecule has 118 valence electrons. The number of benzene rings is 1. The Balaban J connectivity index is 2.79. The molecule has 9 nitrogen and oxygen atoms in total. The van der Waals surface area contributed by atoms with Crippen LogP contribution >= 0.6 is 0 Å². The second-order valence-corrected chi connectivity index (χ2v) is 4.56. The Labute approximate surface area is 126 Å². The molecule has 1 atom stereocenters. The lowest BCUT2D eigenvalue weighted by molar-refractivity contribution is -0.384. The predicted molar refractivity (Wildman–Crippen MR) is 76.6 cm³/mol. The van der Waals surface area contributed by atoms with E-state index in [0.29, 0.717) is 5.56 Å². The van der Waals surface area contributed by atoms with Gasteiger partial charge in [0, 0.05) is 25.5 Å². The van der Waals surface area contributed by atoms with Crippen LogP contribution in [-0.2, 0) is 20.8 Å². The SMILES string of the molecule is CC(=O)N[C@@H](Cc1ccc([N+](=O)[O-])cc1)C(=O)NCC(N)=O. The third-order valence-electron chi connectivity index (χ3n) is 2.72. The lowest BCUT2D eigenvalue weighted by Crippen LogP contribution is -2.49. The Kier molecular flexibility index (Phi) is 5.99. The molecule has 0 heterocycles. The Bertz CT molecular complexity index is 585. The van der Waals surface area contributed by atoms with Crippen molar-refractivity contribution in [3.05, 3.63) is 39.9 Å². The molecular weight excluding hydrogens is 292 g/mol. The summed E-state index contributed by atoms with van der Waals surface area (Å²) in [5, 5.41) is 15.3. The van der Waals surface area contributed by atoms with Crippen LogP contribution in [0.1, 0.15) is 12.5 Å². The first-order valence-electron chi connectivity index (χ1n) is 6.36. The van der Waals surface area contributed by atoms with E-state index >= 15 is 0 Å². The molecule has 22 heavy (non-hydrogen) atoms. The van der Waals surface area contributed by atoms with E-state index in [-0.39, 0.29) is 18.7 Å². The van der Waals surface area contributed by atoms with Crippen LogP contribution in [0, 0.1) is 10.1 Å². The normalized spacial score (nSPS) is 11.3. The van der Waals surface area contributed by atoms with Gasteiger partial charge in [0.25, 0.3) is 5.69 Å². The van der Waals surface area contributed by atoms with E-state index < -0.39 is 28.7 Å². The van der Waals surface area contributed by atoms with Crippen LogP contribution in [0.5, 0.6) is 0 Å². The summed E-state index contributed by atoms with van der Waals surface area (Å²) in [5.74, 6) is -1.68. The maximum Gasteiger partial charge on any atom is 0.269 e. The average molecular weight is 308 g/mol. The number of non-ortho nitro benzene ring substituents is 1. The van der Waals surface area contributed by atoms with E-state index in [1.54, 1.807) is 0 Å². The van der Waals surface area contributed by atoms with Crippen molar-refractivity contribution in [3.63, 3.8) is 0 Å². The molecule has 9 heteroatoms. The summed E-state index contributed by atoms with van der Waals surface area (Å²) in [4.78, 5) is 43.8. The Morgan fingerprint density at radius 2 is 1.86 bits per heavy atom. The first-order chi connectivity index (χ1) is 10.3. The maximum absolute atomic E-state index is 11.9. The van der Waals surface area contributed by atoms with Crippen LogP contribution in [0.15, 0.2) is 24.3 Å². The van der Waals surface area contributed by atoms with E-state index in [1.165, 1.54) is 31.2 Å². The largest absolute Gasteiger partial charge is 0.368 e. The van der Waals surface area contributed by atoms with Crippen LogP contribution in [0.25, 0.3) is 0 Å². The number of carbonyl (C=O) groups is 3. The van der Waals surface area contributed by atoms with Gasteiger partial charge >= 0.3 is 0 Å². The van der Waals surface area contributed by atoms with Crippen molar-refractivity contribution in [2.75, 3.05) is 6.54 Å². The van der Waals surface area contributed by atoms with Gasteiger partial charge in [-0.1, -0.05) is 12.1 Å². The highest BCUT2D eigenvalue weighted by Gasteiger charge is 2.20. The number of hydrogen-bond donors (Lipinski definition) is 3. The lowest BCUT2D eigenvalue weighted by atomic mass is 10.0. The number of primary amides is 1. The quantitative estimate of drug-likeness (QED) is 0.448. The zero-order valence-electron chi connectivity index (χ0n) is 11.9. The lowest BCUT2D eigenvalue weighted by Gasteiger charge is -2.17. The van der Waals surface area contributed by atoms with E-state index in [1.807, 2.05) is 0 Å². The molecule has 1 rings (SSSR count). The van der Waals surface area contributed by atoms with Gasteiger partial charge in [0.05, 0.1) is 11.5 Å². The Hall–Kier alpha value is -2.97. The predicted octanol–water partition coefficient (Wildman–Crippen LogP) is -0.756. The van der Waals surface area contributed by atoms with E-state index in [4.69, 9.17) is 5.73 Å².